The van der Waals surface area contributed by atoms with E-state index in [1.165, 1.54) is 9.78 Å². The van der Waals surface area contributed by atoms with Crippen LogP contribution < -0.4 is 5.32 Å². The Morgan fingerprint density at radius 3 is 2.54 bits per heavy atom. The minimum atomic E-state index is -0.427. The Kier molecular flexibility index (Phi) is 5.34. The molecule has 1 aliphatic carbocycles. The Balaban J connectivity index is 1.20. The van der Waals surface area contributed by atoms with Crippen LogP contribution >= 0.6 is 11.3 Å². The zero-order chi connectivity index (χ0) is 19.7. The highest BCUT2D eigenvalue weighted by atomic mass is 32.1. The fourth-order valence-electron chi connectivity index (χ4n) is 3.90. The van der Waals surface area contributed by atoms with E-state index in [9.17, 15) is 19.2 Å². The predicted molar refractivity (Wildman–Crippen MR) is 103 cm³/mol. The van der Waals surface area contributed by atoms with E-state index < -0.39 is 6.03 Å². The van der Waals surface area contributed by atoms with Crippen molar-refractivity contribution in [3.8, 4) is 0 Å². The molecule has 1 saturated carbocycles. The molecule has 5 amide bonds. The molecular weight excluding hydrogens is 380 g/mol. The van der Waals surface area contributed by atoms with Crippen LogP contribution in [0.4, 0.5) is 4.79 Å². The lowest BCUT2D eigenvalue weighted by molar-refractivity contribution is -0.140. The van der Waals surface area contributed by atoms with Crippen molar-refractivity contribution in [1.82, 2.24) is 20.0 Å². The van der Waals surface area contributed by atoms with Gasteiger partial charge in [-0.15, -0.1) is 11.3 Å². The number of hydrogen-bond donors (Lipinski definition) is 1. The summed E-state index contributed by atoms with van der Waals surface area (Å²) in [5.74, 6) is 0.390. The lowest BCUT2D eigenvalue weighted by atomic mass is 10.2. The Morgan fingerprint density at radius 1 is 1.11 bits per heavy atom. The first kappa shape index (κ1) is 18.9. The number of rotatable bonds is 5. The average molecular weight is 404 g/mol. The Hall–Kier alpha value is -2.42. The number of nitrogens with one attached hydrogen (secondary N) is 1. The number of carbonyl (C=O) groups is 4. The maximum atomic E-state index is 12.7. The summed E-state index contributed by atoms with van der Waals surface area (Å²) >= 11 is 1.71. The van der Waals surface area contributed by atoms with Crippen LogP contribution in [0.3, 0.4) is 0 Å². The maximum Gasteiger partial charge on any atom is 0.324 e. The van der Waals surface area contributed by atoms with Crippen molar-refractivity contribution in [1.29, 1.82) is 0 Å². The van der Waals surface area contributed by atoms with E-state index in [1.807, 2.05) is 16.3 Å². The number of urea groups is 1. The minimum absolute atomic E-state index is 0.0142. The molecule has 2 saturated heterocycles. The monoisotopic (exact) mass is 404 g/mol. The van der Waals surface area contributed by atoms with Gasteiger partial charge in [0.25, 0.3) is 0 Å². The van der Waals surface area contributed by atoms with Crippen molar-refractivity contribution < 1.29 is 19.2 Å². The van der Waals surface area contributed by atoms with Gasteiger partial charge in [0, 0.05) is 68.8 Å². The van der Waals surface area contributed by atoms with E-state index in [0.717, 1.165) is 6.42 Å². The molecule has 0 aromatic carbocycles. The van der Waals surface area contributed by atoms with Crippen LogP contribution in [0.5, 0.6) is 0 Å². The van der Waals surface area contributed by atoms with Crippen LogP contribution in [0.15, 0.2) is 17.5 Å². The van der Waals surface area contributed by atoms with Crippen molar-refractivity contribution in [2.24, 2.45) is 5.92 Å². The molecule has 0 radical (unpaired) electrons. The second kappa shape index (κ2) is 7.90. The Bertz CT molecular complexity index is 773. The standard InChI is InChI=1S/C19H24N4O4S/c24-16-3-5-23(19(27)20-16)6-4-17(25)21-7-9-22(10-8-21)18(26)14-12-13(14)15-2-1-11-28-15/h1-2,11,13-14H,3-10,12H2,(H,20,24,27). The summed E-state index contributed by atoms with van der Waals surface area (Å²) in [6.07, 6.45) is 1.44. The smallest absolute Gasteiger partial charge is 0.324 e. The molecule has 2 aliphatic heterocycles. The number of carbonyl (C=O) groups excluding carboxylic acids is 4. The van der Waals surface area contributed by atoms with E-state index in [0.29, 0.717) is 45.2 Å². The van der Waals surface area contributed by atoms with Crippen LogP contribution in [-0.2, 0) is 14.4 Å². The summed E-state index contributed by atoms with van der Waals surface area (Å²) in [7, 11) is 0. The Labute approximate surface area is 167 Å². The zero-order valence-corrected chi connectivity index (χ0v) is 16.5. The second-order valence-corrected chi connectivity index (χ2v) is 8.49. The Morgan fingerprint density at radius 2 is 1.86 bits per heavy atom. The third kappa shape index (κ3) is 4.04. The summed E-state index contributed by atoms with van der Waals surface area (Å²) in [6.45, 7) is 2.86. The summed E-state index contributed by atoms with van der Waals surface area (Å²) in [5.41, 5.74) is 0. The fourth-order valence-corrected chi connectivity index (χ4v) is 4.80. The zero-order valence-electron chi connectivity index (χ0n) is 15.6. The third-order valence-corrected chi connectivity index (χ3v) is 6.70. The number of thiophene rings is 1. The number of imide groups is 1. The number of nitrogens with zero attached hydrogens (tertiary/aromatic N) is 3. The number of hydrogen-bond acceptors (Lipinski definition) is 5. The van der Waals surface area contributed by atoms with Gasteiger partial charge in [-0.2, -0.15) is 0 Å². The van der Waals surface area contributed by atoms with Crippen LogP contribution in [0.2, 0.25) is 0 Å². The van der Waals surface area contributed by atoms with E-state index in [2.05, 4.69) is 11.4 Å². The molecule has 1 N–H and O–H groups in total. The third-order valence-electron chi connectivity index (χ3n) is 5.70. The molecule has 2 atom stereocenters. The molecule has 2 unspecified atom stereocenters. The molecule has 0 bridgehead atoms. The van der Waals surface area contributed by atoms with Gasteiger partial charge in [-0.05, 0) is 17.9 Å². The van der Waals surface area contributed by atoms with E-state index in [4.69, 9.17) is 0 Å². The molecule has 3 fully saturated rings. The first-order valence-electron chi connectivity index (χ1n) is 9.71. The predicted octanol–water partition coefficient (Wildman–Crippen LogP) is 0.854. The molecule has 9 heteroatoms. The van der Waals surface area contributed by atoms with Gasteiger partial charge in [-0.25, -0.2) is 4.79 Å². The largest absolute Gasteiger partial charge is 0.339 e. The van der Waals surface area contributed by atoms with Crippen LogP contribution in [-0.4, -0.2) is 77.7 Å². The van der Waals surface area contributed by atoms with E-state index >= 15 is 0 Å². The molecule has 150 valence electrons. The van der Waals surface area contributed by atoms with Gasteiger partial charge in [0.1, 0.15) is 0 Å². The number of amides is 5. The molecule has 3 heterocycles. The van der Waals surface area contributed by atoms with Gasteiger partial charge in [0.2, 0.25) is 17.7 Å². The van der Waals surface area contributed by atoms with Gasteiger partial charge in [-0.3, -0.25) is 19.7 Å². The van der Waals surface area contributed by atoms with Gasteiger partial charge in [-0.1, -0.05) is 6.07 Å². The summed E-state index contributed by atoms with van der Waals surface area (Å²) in [6, 6.07) is 3.69. The second-order valence-electron chi connectivity index (χ2n) is 7.51. The van der Waals surface area contributed by atoms with Gasteiger partial charge in [0.05, 0.1) is 0 Å². The van der Waals surface area contributed by atoms with Gasteiger partial charge < -0.3 is 14.7 Å². The summed E-state index contributed by atoms with van der Waals surface area (Å²) < 4.78 is 0. The molecule has 28 heavy (non-hydrogen) atoms. The topological polar surface area (TPSA) is 90.0 Å². The molecule has 1 aromatic rings. The van der Waals surface area contributed by atoms with Crippen LogP contribution in [0, 0.1) is 5.92 Å². The molecular formula is C19H24N4O4S. The fraction of sp³-hybridized carbons (Fsp3) is 0.579. The normalized spacial score (nSPS) is 24.9. The van der Waals surface area contributed by atoms with Crippen molar-refractivity contribution in [3.05, 3.63) is 22.4 Å². The van der Waals surface area contributed by atoms with Gasteiger partial charge >= 0.3 is 6.03 Å². The first-order valence-corrected chi connectivity index (χ1v) is 10.6. The van der Waals surface area contributed by atoms with Gasteiger partial charge in [0.15, 0.2) is 0 Å². The quantitative estimate of drug-likeness (QED) is 0.788. The van der Waals surface area contributed by atoms with Crippen LogP contribution in [0.1, 0.15) is 30.1 Å². The number of piperazine rings is 1. The van der Waals surface area contributed by atoms with E-state index in [1.54, 1.807) is 16.2 Å². The minimum Gasteiger partial charge on any atom is -0.339 e. The molecule has 3 aliphatic rings. The highest BCUT2D eigenvalue weighted by Crippen LogP contribution is 2.50. The molecule has 4 rings (SSSR count). The highest BCUT2D eigenvalue weighted by molar-refractivity contribution is 7.10. The van der Waals surface area contributed by atoms with Crippen molar-refractivity contribution in [2.75, 3.05) is 39.3 Å². The van der Waals surface area contributed by atoms with Crippen molar-refractivity contribution in [2.45, 2.75) is 25.2 Å². The maximum absolute atomic E-state index is 12.7. The molecule has 1 aromatic heterocycles. The van der Waals surface area contributed by atoms with E-state index in [-0.39, 0.29) is 36.5 Å². The summed E-state index contributed by atoms with van der Waals surface area (Å²) in [4.78, 5) is 54.4. The first-order chi connectivity index (χ1) is 13.5. The summed E-state index contributed by atoms with van der Waals surface area (Å²) in [5, 5.41) is 4.31. The molecule has 0 spiro atoms. The van der Waals surface area contributed by atoms with Crippen LogP contribution in [0.25, 0.3) is 0 Å². The SMILES string of the molecule is O=C1CCN(CCC(=O)N2CCN(C(=O)C3CC3c3cccs3)CC2)C(=O)N1. The van der Waals surface area contributed by atoms with Crippen molar-refractivity contribution >= 4 is 35.1 Å². The highest BCUT2D eigenvalue weighted by Gasteiger charge is 2.46. The lowest BCUT2D eigenvalue weighted by Crippen LogP contribution is -2.52. The lowest BCUT2D eigenvalue weighted by Gasteiger charge is -2.35. The average Bonchev–Trinajstić information content (AvgIpc) is 3.31. The van der Waals surface area contributed by atoms with Crippen molar-refractivity contribution in [3.63, 3.8) is 0 Å². The molecule has 8 nitrogen and oxygen atoms in total.